The smallest absolute Gasteiger partial charge is 0.343 e. The number of aliphatic hydroxyl groups is 1. The number of rotatable bonds is 4. The second-order valence-corrected chi connectivity index (χ2v) is 17.0. The van der Waals surface area contributed by atoms with Crippen LogP contribution in [0.2, 0.25) is 18.1 Å². The minimum absolute atomic E-state index is 0.0627. The van der Waals surface area contributed by atoms with E-state index < -0.39 is 25.7 Å². The number of nitrogens with zero attached hydrogens (tertiary/aromatic N) is 2. The molecule has 0 fully saturated rings. The molecule has 0 amide bonds. The summed E-state index contributed by atoms with van der Waals surface area (Å²) < 4.78 is 28.0. The van der Waals surface area contributed by atoms with Crippen LogP contribution in [-0.4, -0.2) is 35.6 Å². The first-order chi connectivity index (χ1) is 18.7. The summed E-state index contributed by atoms with van der Waals surface area (Å²) in [7, 11) is -1.88. The Morgan fingerprint density at radius 3 is 2.65 bits per heavy atom. The standard InChI is InChI=1S/C31H35FN2O5Si/c1-8-31(37)23-14-26-27-19(16-34(26)28(35)22(23)17-38-29(31)36)13-21-20(18(2)24(32)15-25(21)33-27)11-9-10-12-39-40(6,7)30(3,4)5/h13-15,37H,8,10,12,16-17H2,1-7H3/t31-/m0/s1. The van der Waals surface area contributed by atoms with Crippen molar-refractivity contribution in [2.45, 2.75) is 84.3 Å². The number of carbonyl (C=O) groups excluding carboxylic acids is 1. The number of fused-ring (bicyclic) bond motifs is 5. The van der Waals surface area contributed by atoms with E-state index in [9.17, 15) is 14.7 Å². The van der Waals surface area contributed by atoms with E-state index in [0.29, 0.717) is 46.4 Å². The number of hydrogen-bond donors (Lipinski definition) is 1. The molecule has 7 nitrogen and oxygen atoms in total. The van der Waals surface area contributed by atoms with E-state index in [4.69, 9.17) is 14.1 Å². The minimum Gasteiger partial charge on any atom is -0.458 e. The molecule has 0 saturated carbocycles. The van der Waals surface area contributed by atoms with Crippen molar-refractivity contribution in [2.24, 2.45) is 0 Å². The Balaban J connectivity index is 1.55. The maximum Gasteiger partial charge on any atom is 0.343 e. The highest BCUT2D eigenvalue weighted by Crippen LogP contribution is 2.39. The molecule has 0 radical (unpaired) electrons. The number of cyclic esters (lactones) is 1. The summed E-state index contributed by atoms with van der Waals surface area (Å²) in [5.74, 6) is 5.14. The summed E-state index contributed by atoms with van der Waals surface area (Å²) >= 11 is 0. The van der Waals surface area contributed by atoms with Gasteiger partial charge in [-0.2, -0.15) is 0 Å². The number of halogens is 1. The Morgan fingerprint density at radius 2 is 1.98 bits per heavy atom. The molecule has 0 saturated heterocycles. The lowest BCUT2D eigenvalue weighted by molar-refractivity contribution is -0.172. The topological polar surface area (TPSA) is 90.7 Å². The van der Waals surface area contributed by atoms with Crippen LogP contribution in [0.15, 0.2) is 23.0 Å². The second kappa shape index (κ2) is 9.65. The van der Waals surface area contributed by atoms with Crippen LogP contribution in [0.3, 0.4) is 0 Å². The van der Waals surface area contributed by atoms with E-state index >= 15 is 4.39 Å². The van der Waals surface area contributed by atoms with Crippen LogP contribution in [0.25, 0.3) is 22.3 Å². The average Bonchev–Trinajstić information content (AvgIpc) is 3.24. The van der Waals surface area contributed by atoms with E-state index in [1.165, 1.54) is 6.07 Å². The summed E-state index contributed by atoms with van der Waals surface area (Å²) in [6, 6.07) is 4.95. The van der Waals surface area contributed by atoms with Gasteiger partial charge in [-0.15, -0.1) is 0 Å². The number of ether oxygens (including phenoxy) is 1. The molecular weight excluding hydrogens is 527 g/mol. The molecule has 1 atom stereocenters. The van der Waals surface area contributed by atoms with Crippen LogP contribution in [0.4, 0.5) is 4.39 Å². The van der Waals surface area contributed by atoms with Gasteiger partial charge < -0.3 is 18.8 Å². The van der Waals surface area contributed by atoms with Gasteiger partial charge in [-0.05, 0) is 43.6 Å². The summed E-state index contributed by atoms with van der Waals surface area (Å²) in [6.45, 7) is 14.9. The van der Waals surface area contributed by atoms with Crippen LogP contribution < -0.4 is 5.56 Å². The van der Waals surface area contributed by atoms with Crippen molar-refractivity contribution in [2.75, 3.05) is 6.61 Å². The molecule has 210 valence electrons. The first-order valence-electron chi connectivity index (χ1n) is 13.6. The predicted molar refractivity (Wildman–Crippen MR) is 154 cm³/mol. The largest absolute Gasteiger partial charge is 0.458 e. The quantitative estimate of drug-likeness (QED) is 0.157. The van der Waals surface area contributed by atoms with Gasteiger partial charge in [0.2, 0.25) is 0 Å². The molecule has 9 heteroatoms. The van der Waals surface area contributed by atoms with E-state index in [1.54, 1.807) is 24.5 Å². The Labute approximate surface area is 234 Å². The van der Waals surface area contributed by atoms with Gasteiger partial charge in [0.25, 0.3) is 5.56 Å². The van der Waals surface area contributed by atoms with Gasteiger partial charge in [0.1, 0.15) is 12.4 Å². The van der Waals surface area contributed by atoms with Crippen molar-refractivity contribution < 1.29 is 23.5 Å². The number of benzene rings is 1. The van der Waals surface area contributed by atoms with Crippen molar-refractivity contribution >= 4 is 25.2 Å². The number of esters is 1. The monoisotopic (exact) mass is 562 g/mol. The zero-order valence-corrected chi connectivity index (χ0v) is 25.1. The third-order valence-electron chi connectivity index (χ3n) is 8.72. The van der Waals surface area contributed by atoms with Gasteiger partial charge in [0.05, 0.1) is 29.0 Å². The van der Waals surface area contributed by atoms with Crippen LogP contribution in [0.5, 0.6) is 0 Å². The third kappa shape index (κ3) is 4.39. The highest BCUT2D eigenvalue weighted by atomic mass is 28.4. The molecule has 2 aliphatic heterocycles. The molecule has 1 aromatic carbocycles. The maximum absolute atomic E-state index is 15.0. The number of hydrogen-bond acceptors (Lipinski definition) is 6. The number of carbonyl (C=O) groups is 1. The normalized spacial score (nSPS) is 18.1. The summed E-state index contributed by atoms with van der Waals surface area (Å²) in [6.07, 6.45) is 0.586. The van der Waals surface area contributed by atoms with Crippen LogP contribution in [0.1, 0.15) is 68.4 Å². The summed E-state index contributed by atoms with van der Waals surface area (Å²) in [5.41, 5.74) is 1.51. The Kier molecular flexibility index (Phi) is 6.81. The highest BCUT2D eigenvalue weighted by Gasteiger charge is 2.45. The molecule has 4 heterocycles. The molecule has 0 unspecified atom stereocenters. The van der Waals surface area contributed by atoms with E-state index in [-0.39, 0.29) is 41.3 Å². The first-order valence-corrected chi connectivity index (χ1v) is 16.5. The lowest BCUT2D eigenvalue weighted by Gasteiger charge is -2.35. The van der Waals surface area contributed by atoms with Crippen LogP contribution in [0, 0.1) is 24.6 Å². The molecule has 40 heavy (non-hydrogen) atoms. The molecule has 2 aliphatic rings. The first kappa shape index (κ1) is 28.2. The Morgan fingerprint density at radius 1 is 1.25 bits per heavy atom. The molecular formula is C31H35FN2O5Si. The number of pyridine rings is 2. The van der Waals surface area contributed by atoms with Crippen molar-refractivity contribution in [1.29, 1.82) is 0 Å². The van der Waals surface area contributed by atoms with E-state index in [0.717, 1.165) is 5.56 Å². The zero-order chi connectivity index (χ0) is 29.2. The summed E-state index contributed by atoms with van der Waals surface area (Å²) in [4.78, 5) is 30.6. The average molecular weight is 563 g/mol. The minimum atomic E-state index is -1.90. The van der Waals surface area contributed by atoms with Crippen molar-refractivity contribution in [3.63, 3.8) is 0 Å². The van der Waals surface area contributed by atoms with Crippen LogP contribution in [-0.2, 0) is 32.7 Å². The lowest BCUT2D eigenvalue weighted by Crippen LogP contribution is -2.44. The molecule has 5 rings (SSSR count). The second-order valence-electron chi connectivity index (χ2n) is 12.2. The fraction of sp³-hybridized carbons (Fsp3) is 0.452. The van der Waals surface area contributed by atoms with Gasteiger partial charge in [0, 0.05) is 46.7 Å². The predicted octanol–water partition coefficient (Wildman–Crippen LogP) is 5.29. The molecule has 1 N–H and O–H groups in total. The van der Waals surface area contributed by atoms with Gasteiger partial charge in [-0.3, -0.25) is 4.79 Å². The molecule has 0 spiro atoms. The van der Waals surface area contributed by atoms with Gasteiger partial charge in [-0.1, -0.05) is 39.5 Å². The maximum atomic E-state index is 15.0. The fourth-order valence-electron chi connectivity index (χ4n) is 5.08. The molecule has 2 aromatic heterocycles. The number of aromatic nitrogens is 2. The van der Waals surface area contributed by atoms with Crippen molar-refractivity contribution in [3.8, 4) is 23.2 Å². The van der Waals surface area contributed by atoms with Crippen molar-refractivity contribution in [3.05, 3.63) is 62.2 Å². The van der Waals surface area contributed by atoms with Crippen molar-refractivity contribution in [1.82, 2.24) is 9.55 Å². The Bertz CT molecular complexity index is 1690. The van der Waals surface area contributed by atoms with Gasteiger partial charge >= 0.3 is 5.97 Å². The van der Waals surface area contributed by atoms with E-state index in [1.807, 2.05) is 6.07 Å². The third-order valence-corrected chi connectivity index (χ3v) is 13.3. The molecule has 0 bridgehead atoms. The van der Waals surface area contributed by atoms with Crippen LogP contribution >= 0.6 is 0 Å². The Hall–Kier alpha value is -3.32. The zero-order valence-electron chi connectivity index (χ0n) is 24.1. The highest BCUT2D eigenvalue weighted by molar-refractivity contribution is 6.74. The molecule has 0 aliphatic carbocycles. The van der Waals surface area contributed by atoms with Gasteiger partial charge in [0.15, 0.2) is 13.9 Å². The summed E-state index contributed by atoms with van der Waals surface area (Å²) in [5, 5.41) is 11.9. The SMILES string of the molecule is CC[C@@]1(O)C(=O)OCc2c1cc1n(c2=O)Cc2cc3c(C#CCCO[Si](C)(C)C(C)(C)C)c(C)c(F)cc3nc2-1. The fourth-order valence-corrected chi connectivity index (χ4v) is 6.13. The van der Waals surface area contributed by atoms with Gasteiger partial charge in [-0.25, -0.2) is 14.2 Å². The molecule has 3 aromatic rings. The lowest BCUT2D eigenvalue weighted by atomic mass is 9.86. The van der Waals surface area contributed by atoms with E-state index in [2.05, 4.69) is 45.7 Å².